The van der Waals surface area contributed by atoms with Crippen LogP contribution >= 0.6 is 11.6 Å². The van der Waals surface area contributed by atoms with Gasteiger partial charge < -0.3 is 10.1 Å². The molecule has 0 bridgehead atoms. The average Bonchev–Trinajstić information content (AvgIpc) is 3.72. The van der Waals surface area contributed by atoms with Crippen molar-refractivity contribution in [2.75, 3.05) is 9.80 Å². The van der Waals surface area contributed by atoms with Crippen molar-refractivity contribution in [3.63, 3.8) is 0 Å². The number of hydrogen-bond donors (Lipinski definition) is 1. The van der Waals surface area contributed by atoms with Crippen molar-refractivity contribution in [1.29, 1.82) is 5.26 Å². The molecule has 2 unspecified atom stereocenters. The molecule has 2 aromatic carbocycles. The van der Waals surface area contributed by atoms with Crippen LogP contribution in [0, 0.1) is 11.3 Å². The number of hydrogen-bond acceptors (Lipinski definition) is 7. The fourth-order valence-electron chi connectivity index (χ4n) is 5.48. The number of amides is 3. The lowest BCUT2D eigenvalue weighted by atomic mass is 9.87. The summed E-state index contributed by atoms with van der Waals surface area (Å²) in [5, 5.41) is 12.2. The minimum Gasteiger partial charge on any atom is -0.490 e. The van der Waals surface area contributed by atoms with Crippen molar-refractivity contribution in [2.24, 2.45) is 0 Å². The van der Waals surface area contributed by atoms with E-state index in [2.05, 4.69) is 15.3 Å². The van der Waals surface area contributed by atoms with Crippen LogP contribution in [0.25, 0.3) is 0 Å². The first kappa shape index (κ1) is 29.4. The highest BCUT2D eigenvalue weighted by Crippen LogP contribution is 2.40. The number of rotatable bonds is 9. The maximum Gasteiger partial charge on any atom is 0.252 e. The maximum atomic E-state index is 14.7. The summed E-state index contributed by atoms with van der Waals surface area (Å²) in [6.07, 6.45) is 2.18. The summed E-state index contributed by atoms with van der Waals surface area (Å²) in [5.41, 5.74) is 0.546. The maximum absolute atomic E-state index is 14.7. The summed E-state index contributed by atoms with van der Waals surface area (Å²) >= 11 is 6.60. The molecule has 1 N–H and O–H groups in total. The van der Waals surface area contributed by atoms with Crippen LogP contribution < -0.4 is 19.9 Å². The smallest absolute Gasteiger partial charge is 0.252 e. The van der Waals surface area contributed by atoms with Crippen LogP contribution in [0.4, 0.5) is 20.4 Å². The van der Waals surface area contributed by atoms with Gasteiger partial charge in [0.25, 0.3) is 11.8 Å². The van der Waals surface area contributed by atoms with Crippen molar-refractivity contribution >= 4 is 41.0 Å². The molecule has 1 aliphatic heterocycles. The molecule has 2 heterocycles. The van der Waals surface area contributed by atoms with E-state index in [-0.39, 0.29) is 46.9 Å². The summed E-state index contributed by atoms with van der Waals surface area (Å²) < 4.78 is 33.4. The molecule has 2 atom stereocenters. The van der Waals surface area contributed by atoms with Crippen molar-refractivity contribution < 1.29 is 27.9 Å². The van der Waals surface area contributed by atoms with Gasteiger partial charge in [0.2, 0.25) is 17.8 Å². The van der Waals surface area contributed by atoms with Gasteiger partial charge in [-0.05, 0) is 43.5 Å². The van der Waals surface area contributed by atoms with E-state index in [4.69, 9.17) is 16.3 Å². The number of alkyl halides is 2. The molecule has 0 radical (unpaired) electrons. The first-order valence-electron chi connectivity index (χ1n) is 14.2. The fraction of sp³-hybridized carbons (Fsp3) is 0.355. The van der Waals surface area contributed by atoms with E-state index in [0.29, 0.717) is 5.75 Å². The van der Waals surface area contributed by atoms with Crippen LogP contribution in [-0.2, 0) is 14.4 Å². The zero-order valence-corrected chi connectivity index (χ0v) is 24.1. The van der Waals surface area contributed by atoms with Crippen LogP contribution in [0.3, 0.4) is 0 Å². The SMILES string of the molecule is N#Cc1ccnc(N2C(=O)CCC2C(=O)N(c2cccc(OC3CC3)c2)C(C(=O)NC2CC(F)(F)C2)c2ccccc2Cl)n1. The summed E-state index contributed by atoms with van der Waals surface area (Å²) in [7, 11) is 0. The Morgan fingerprint density at radius 3 is 2.61 bits per heavy atom. The van der Waals surface area contributed by atoms with Crippen molar-refractivity contribution in [3.8, 4) is 11.8 Å². The van der Waals surface area contributed by atoms with Gasteiger partial charge in [-0.3, -0.25) is 24.2 Å². The molecule has 3 fully saturated rings. The van der Waals surface area contributed by atoms with Gasteiger partial charge in [0.05, 0.1) is 6.10 Å². The van der Waals surface area contributed by atoms with Crippen molar-refractivity contribution in [2.45, 2.75) is 68.7 Å². The van der Waals surface area contributed by atoms with Crippen LogP contribution in [-0.4, -0.2) is 51.8 Å². The molecular weight excluding hydrogens is 594 g/mol. The number of nitriles is 1. The minimum absolute atomic E-state index is 0.00463. The van der Waals surface area contributed by atoms with Gasteiger partial charge in [0.1, 0.15) is 29.6 Å². The largest absolute Gasteiger partial charge is 0.490 e. The third-order valence-corrected chi connectivity index (χ3v) is 8.12. The zero-order chi connectivity index (χ0) is 31.0. The molecule has 1 saturated heterocycles. The predicted molar refractivity (Wildman–Crippen MR) is 155 cm³/mol. The summed E-state index contributed by atoms with van der Waals surface area (Å²) in [6, 6.07) is 13.1. The van der Waals surface area contributed by atoms with Gasteiger partial charge in [0, 0.05) is 53.8 Å². The highest BCUT2D eigenvalue weighted by Gasteiger charge is 2.49. The van der Waals surface area contributed by atoms with Gasteiger partial charge in [-0.15, -0.1) is 0 Å². The van der Waals surface area contributed by atoms with Gasteiger partial charge >= 0.3 is 0 Å². The Morgan fingerprint density at radius 2 is 1.91 bits per heavy atom. The van der Waals surface area contributed by atoms with Gasteiger partial charge in [-0.2, -0.15) is 5.26 Å². The average molecular weight is 621 g/mol. The molecule has 10 nitrogen and oxygen atoms in total. The summed E-state index contributed by atoms with van der Waals surface area (Å²) in [5.74, 6) is -4.32. The number of anilines is 2. The molecule has 1 aromatic heterocycles. The first-order valence-corrected chi connectivity index (χ1v) is 14.6. The number of benzene rings is 2. The second-order valence-corrected chi connectivity index (χ2v) is 11.5. The molecule has 3 aromatic rings. The molecule has 3 aliphatic rings. The van der Waals surface area contributed by atoms with Gasteiger partial charge in [-0.1, -0.05) is 35.9 Å². The number of nitrogens with one attached hydrogen (secondary N) is 1. The molecular formula is C31H27ClF2N6O4. The minimum atomic E-state index is -2.88. The summed E-state index contributed by atoms with van der Waals surface area (Å²) in [4.78, 5) is 52.5. The highest BCUT2D eigenvalue weighted by atomic mass is 35.5. The lowest BCUT2D eigenvalue weighted by molar-refractivity contribution is -0.133. The second-order valence-electron chi connectivity index (χ2n) is 11.1. The number of carbonyl (C=O) groups is 3. The van der Waals surface area contributed by atoms with E-state index in [0.717, 1.165) is 17.7 Å². The lowest BCUT2D eigenvalue weighted by Gasteiger charge is -2.39. The monoisotopic (exact) mass is 620 g/mol. The van der Waals surface area contributed by atoms with Crippen LogP contribution in [0.2, 0.25) is 5.02 Å². The van der Waals surface area contributed by atoms with Gasteiger partial charge in [-0.25, -0.2) is 18.7 Å². The Kier molecular flexibility index (Phi) is 7.90. The molecule has 2 aliphatic carbocycles. The van der Waals surface area contributed by atoms with Crippen LogP contribution in [0.1, 0.15) is 55.8 Å². The Bertz CT molecular complexity index is 1650. The number of nitrogens with zero attached hydrogens (tertiary/aromatic N) is 5. The topological polar surface area (TPSA) is 129 Å². The third-order valence-electron chi connectivity index (χ3n) is 7.77. The molecule has 44 heavy (non-hydrogen) atoms. The Morgan fingerprint density at radius 1 is 1.14 bits per heavy atom. The lowest BCUT2D eigenvalue weighted by Crippen LogP contribution is -2.56. The van der Waals surface area contributed by atoms with E-state index in [1.165, 1.54) is 17.2 Å². The standard InChI is InChI=1S/C31H27ClF2N6O4/c32-24-7-2-1-6-23(24)27(28(42)37-19-15-31(33,34)16-19)39(20-4-3-5-22(14-20)44-21-8-9-21)29(43)25-10-11-26(41)40(25)30-36-13-12-18(17-35)38-30/h1-7,12-14,19,21,25,27H,8-11,15-16H2,(H,37,42). The van der Waals surface area contributed by atoms with Crippen molar-refractivity contribution in [1.82, 2.24) is 15.3 Å². The molecule has 6 rings (SSSR count). The first-order chi connectivity index (χ1) is 21.1. The Labute approximate surface area is 256 Å². The molecule has 2 saturated carbocycles. The van der Waals surface area contributed by atoms with E-state index < -0.39 is 54.6 Å². The highest BCUT2D eigenvalue weighted by molar-refractivity contribution is 6.31. The predicted octanol–water partition coefficient (Wildman–Crippen LogP) is 4.73. The second kappa shape index (κ2) is 11.8. The molecule has 0 spiro atoms. The number of aromatic nitrogens is 2. The normalized spacial score (nSPS) is 19.9. The molecule has 3 amide bonds. The van der Waals surface area contributed by atoms with E-state index in [9.17, 15) is 28.4 Å². The van der Waals surface area contributed by atoms with E-state index in [1.807, 2.05) is 6.07 Å². The van der Waals surface area contributed by atoms with Crippen LogP contribution in [0.15, 0.2) is 60.8 Å². The quantitative estimate of drug-likeness (QED) is 0.366. The van der Waals surface area contributed by atoms with E-state index in [1.54, 1.807) is 48.5 Å². The third kappa shape index (κ3) is 6.05. The fourth-order valence-corrected chi connectivity index (χ4v) is 5.72. The van der Waals surface area contributed by atoms with Gasteiger partial charge in [0.15, 0.2) is 0 Å². The number of carbonyl (C=O) groups excluding carboxylic acids is 3. The summed E-state index contributed by atoms with van der Waals surface area (Å²) in [6.45, 7) is 0. The Balaban J connectivity index is 1.44. The number of halogens is 3. The van der Waals surface area contributed by atoms with Crippen molar-refractivity contribution in [3.05, 3.63) is 77.1 Å². The molecule has 13 heteroatoms. The zero-order valence-electron chi connectivity index (χ0n) is 23.3. The Hall–Kier alpha value is -4.63. The molecule has 226 valence electrons. The van der Waals surface area contributed by atoms with Crippen LogP contribution in [0.5, 0.6) is 5.75 Å². The number of ether oxygens (including phenoxy) is 1. The van der Waals surface area contributed by atoms with E-state index >= 15 is 0 Å².